The van der Waals surface area contributed by atoms with Crippen molar-refractivity contribution in [1.29, 1.82) is 0 Å². The van der Waals surface area contributed by atoms with Gasteiger partial charge < -0.3 is 19.5 Å². The quantitative estimate of drug-likeness (QED) is 0.450. The summed E-state index contributed by atoms with van der Waals surface area (Å²) >= 11 is 1.06. The number of fused-ring (bicyclic) bond motifs is 1. The lowest BCUT2D eigenvalue weighted by atomic mass is 10.1. The SMILES string of the molecule is CCOC(=O)c1c(NC(=O)C=Cc2ccc3c(c2)OCO3)sc(C(C)=O)c1C. The number of nitrogens with one attached hydrogen (secondary N) is 1. The minimum absolute atomic E-state index is 0.176. The summed E-state index contributed by atoms with van der Waals surface area (Å²) in [6, 6.07) is 5.32. The maximum Gasteiger partial charge on any atom is 0.341 e. The molecule has 0 atom stereocenters. The van der Waals surface area contributed by atoms with E-state index in [0.29, 0.717) is 26.9 Å². The van der Waals surface area contributed by atoms with Gasteiger partial charge in [-0.3, -0.25) is 9.59 Å². The first-order chi connectivity index (χ1) is 13.4. The van der Waals surface area contributed by atoms with E-state index in [1.807, 2.05) is 0 Å². The van der Waals surface area contributed by atoms with Crippen molar-refractivity contribution < 1.29 is 28.6 Å². The van der Waals surface area contributed by atoms with Crippen molar-refractivity contribution in [2.45, 2.75) is 20.8 Å². The zero-order valence-electron chi connectivity index (χ0n) is 15.7. The molecule has 0 unspecified atom stereocenters. The number of ether oxygens (including phenoxy) is 3. The molecule has 28 heavy (non-hydrogen) atoms. The van der Waals surface area contributed by atoms with Crippen molar-refractivity contribution in [2.75, 3.05) is 18.7 Å². The fourth-order valence-electron chi connectivity index (χ4n) is 2.73. The molecule has 1 aliphatic heterocycles. The average molecular weight is 401 g/mol. The minimum atomic E-state index is -0.571. The number of esters is 1. The van der Waals surface area contributed by atoms with Gasteiger partial charge in [0.1, 0.15) is 5.00 Å². The topological polar surface area (TPSA) is 90.9 Å². The van der Waals surface area contributed by atoms with Crippen LogP contribution in [-0.2, 0) is 9.53 Å². The lowest BCUT2D eigenvalue weighted by Crippen LogP contribution is -2.12. The van der Waals surface area contributed by atoms with Gasteiger partial charge in [-0.05, 0) is 50.1 Å². The van der Waals surface area contributed by atoms with E-state index in [2.05, 4.69) is 5.32 Å². The van der Waals surface area contributed by atoms with Gasteiger partial charge in [0, 0.05) is 6.08 Å². The van der Waals surface area contributed by atoms with Crippen LogP contribution >= 0.6 is 11.3 Å². The fraction of sp³-hybridized carbons (Fsp3) is 0.250. The van der Waals surface area contributed by atoms with Crippen LogP contribution in [0.25, 0.3) is 6.08 Å². The molecule has 0 fully saturated rings. The van der Waals surface area contributed by atoms with Crippen molar-refractivity contribution in [3.05, 3.63) is 45.8 Å². The monoisotopic (exact) mass is 401 g/mol. The van der Waals surface area contributed by atoms with E-state index in [1.165, 1.54) is 13.0 Å². The molecular weight excluding hydrogens is 382 g/mol. The zero-order chi connectivity index (χ0) is 20.3. The smallest absolute Gasteiger partial charge is 0.341 e. The highest BCUT2D eigenvalue weighted by Crippen LogP contribution is 2.35. The van der Waals surface area contributed by atoms with Gasteiger partial charge in [-0.15, -0.1) is 11.3 Å². The van der Waals surface area contributed by atoms with Crippen LogP contribution in [0.3, 0.4) is 0 Å². The first-order valence-electron chi connectivity index (χ1n) is 8.60. The van der Waals surface area contributed by atoms with Crippen molar-refractivity contribution in [3.8, 4) is 11.5 Å². The van der Waals surface area contributed by atoms with Crippen LogP contribution in [0.2, 0.25) is 0 Å². The van der Waals surface area contributed by atoms with Crippen molar-refractivity contribution in [3.63, 3.8) is 0 Å². The van der Waals surface area contributed by atoms with E-state index in [-0.39, 0.29) is 24.7 Å². The van der Waals surface area contributed by atoms with E-state index >= 15 is 0 Å². The van der Waals surface area contributed by atoms with Gasteiger partial charge >= 0.3 is 5.97 Å². The third kappa shape index (κ3) is 4.07. The predicted octanol–water partition coefficient (Wildman–Crippen LogP) is 3.82. The molecule has 7 nitrogen and oxygen atoms in total. The molecule has 3 rings (SSSR count). The van der Waals surface area contributed by atoms with Gasteiger partial charge in [-0.2, -0.15) is 0 Å². The highest BCUT2D eigenvalue weighted by Gasteiger charge is 2.24. The molecule has 8 heteroatoms. The molecule has 1 aliphatic rings. The van der Waals surface area contributed by atoms with Crippen molar-refractivity contribution in [2.24, 2.45) is 0 Å². The van der Waals surface area contributed by atoms with Gasteiger partial charge in [0.15, 0.2) is 17.3 Å². The Morgan fingerprint density at radius 3 is 2.71 bits per heavy atom. The van der Waals surface area contributed by atoms with Crippen LogP contribution in [0, 0.1) is 6.92 Å². The molecule has 0 aliphatic carbocycles. The van der Waals surface area contributed by atoms with Crippen LogP contribution in [0.5, 0.6) is 11.5 Å². The van der Waals surface area contributed by atoms with Crippen LogP contribution in [-0.4, -0.2) is 31.1 Å². The van der Waals surface area contributed by atoms with Crippen LogP contribution < -0.4 is 14.8 Å². The first-order valence-corrected chi connectivity index (χ1v) is 9.42. The number of Topliss-reactive ketones (excluding diaryl/α,β-unsaturated/α-hetero) is 1. The second-order valence-corrected chi connectivity index (χ2v) is 6.99. The number of hydrogen-bond donors (Lipinski definition) is 1. The van der Waals surface area contributed by atoms with Crippen LogP contribution in [0.1, 0.15) is 45.0 Å². The molecule has 1 amide bonds. The third-order valence-electron chi connectivity index (χ3n) is 4.01. The maximum atomic E-state index is 12.4. The Bertz CT molecular complexity index is 975. The number of rotatable bonds is 6. The zero-order valence-corrected chi connectivity index (χ0v) is 16.5. The highest BCUT2D eigenvalue weighted by molar-refractivity contribution is 7.18. The Morgan fingerprint density at radius 2 is 2.00 bits per heavy atom. The minimum Gasteiger partial charge on any atom is -0.462 e. The molecule has 1 N–H and O–H groups in total. The van der Waals surface area contributed by atoms with Crippen LogP contribution in [0.4, 0.5) is 5.00 Å². The lowest BCUT2D eigenvalue weighted by molar-refractivity contribution is -0.111. The molecule has 0 bridgehead atoms. The van der Waals surface area contributed by atoms with Gasteiger partial charge in [0.2, 0.25) is 12.7 Å². The maximum absolute atomic E-state index is 12.4. The number of carbonyl (C=O) groups is 3. The second kappa shape index (κ2) is 8.26. The summed E-state index contributed by atoms with van der Waals surface area (Å²) < 4.78 is 15.6. The molecule has 2 aromatic rings. The third-order valence-corrected chi connectivity index (χ3v) is 5.31. The predicted molar refractivity (Wildman–Crippen MR) is 105 cm³/mol. The summed E-state index contributed by atoms with van der Waals surface area (Å²) in [7, 11) is 0. The van der Waals surface area contributed by atoms with Gasteiger partial charge in [0.05, 0.1) is 17.0 Å². The molecule has 0 saturated carbocycles. The Kier molecular flexibility index (Phi) is 5.79. The number of carbonyl (C=O) groups excluding carboxylic acids is 3. The van der Waals surface area contributed by atoms with Crippen LogP contribution in [0.15, 0.2) is 24.3 Å². The van der Waals surface area contributed by atoms with E-state index in [4.69, 9.17) is 14.2 Å². The average Bonchev–Trinajstić information content (AvgIpc) is 3.24. The Morgan fingerprint density at radius 1 is 1.25 bits per heavy atom. The number of hydrogen-bond acceptors (Lipinski definition) is 7. The Labute approximate surface area is 165 Å². The summed E-state index contributed by atoms with van der Waals surface area (Å²) in [5.74, 6) is 0.0986. The summed E-state index contributed by atoms with van der Waals surface area (Å²) in [5.41, 5.74) is 1.48. The van der Waals surface area contributed by atoms with Gasteiger partial charge in [-0.25, -0.2) is 4.79 Å². The lowest BCUT2D eigenvalue weighted by Gasteiger charge is -2.05. The summed E-state index contributed by atoms with van der Waals surface area (Å²) in [4.78, 5) is 36.9. The van der Waals surface area contributed by atoms with E-state index < -0.39 is 11.9 Å². The number of amides is 1. The summed E-state index contributed by atoms with van der Waals surface area (Å²) in [5, 5.41) is 2.97. The van der Waals surface area contributed by atoms with E-state index in [1.54, 1.807) is 38.1 Å². The van der Waals surface area contributed by atoms with Crippen molar-refractivity contribution in [1.82, 2.24) is 0 Å². The number of thiophene rings is 1. The number of ketones is 1. The Balaban J connectivity index is 1.80. The molecular formula is C20H19NO6S. The van der Waals surface area contributed by atoms with E-state index in [9.17, 15) is 14.4 Å². The molecule has 0 spiro atoms. The molecule has 0 radical (unpaired) electrons. The summed E-state index contributed by atoms with van der Waals surface area (Å²) in [6.07, 6.45) is 2.96. The van der Waals surface area contributed by atoms with E-state index in [0.717, 1.165) is 16.9 Å². The van der Waals surface area contributed by atoms with Gasteiger partial charge in [0.25, 0.3) is 0 Å². The Hall–Kier alpha value is -3.13. The second-order valence-electron chi connectivity index (χ2n) is 5.97. The highest BCUT2D eigenvalue weighted by atomic mass is 32.1. The molecule has 1 aromatic carbocycles. The normalized spacial score (nSPS) is 12.2. The molecule has 0 saturated heterocycles. The number of benzene rings is 1. The molecule has 146 valence electrons. The largest absolute Gasteiger partial charge is 0.462 e. The standard InChI is InChI=1S/C20H19NO6S/c1-4-25-20(24)17-11(2)18(12(3)22)28-19(17)21-16(23)8-6-13-5-7-14-15(9-13)27-10-26-14/h5-9H,4,10H2,1-3H3,(H,21,23). The first kappa shape index (κ1) is 19.6. The van der Waals surface area contributed by atoms with Gasteiger partial charge in [-0.1, -0.05) is 6.07 Å². The fourth-order valence-corrected chi connectivity index (χ4v) is 3.82. The summed E-state index contributed by atoms with van der Waals surface area (Å²) in [6.45, 7) is 5.14. The van der Waals surface area contributed by atoms with Crippen molar-refractivity contribution >= 4 is 40.1 Å². The number of anilines is 1. The molecule has 1 aromatic heterocycles. The molecule has 2 heterocycles.